The Morgan fingerprint density at radius 2 is 2.18 bits per heavy atom. The minimum absolute atomic E-state index is 0.317. The van der Waals surface area contributed by atoms with Crippen LogP contribution in [0.4, 0.5) is 0 Å². The Morgan fingerprint density at radius 3 is 2.71 bits per heavy atom. The van der Waals surface area contributed by atoms with Gasteiger partial charge in [0.25, 0.3) is 0 Å². The van der Waals surface area contributed by atoms with Crippen LogP contribution in [-0.2, 0) is 9.53 Å². The highest BCUT2D eigenvalue weighted by molar-refractivity contribution is 5.89. The SMILES string of the molecule is COC(=O)c1ccc([C@H]2CCC(=O)C2)c(C)c1. The van der Waals surface area contributed by atoms with Crippen molar-refractivity contribution in [2.24, 2.45) is 0 Å². The molecule has 2 rings (SSSR count). The molecule has 0 aromatic heterocycles. The predicted octanol–water partition coefficient (Wildman–Crippen LogP) is 2.62. The first-order valence-corrected chi connectivity index (χ1v) is 5.82. The number of carbonyl (C=O) groups excluding carboxylic acids is 2. The largest absolute Gasteiger partial charge is 0.465 e. The van der Waals surface area contributed by atoms with Gasteiger partial charge in [0.05, 0.1) is 12.7 Å². The zero-order valence-corrected chi connectivity index (χ0v) is 10.2. The molecule has 1 aliphatic carbocycles. The number of ether oxygens (including phenoxy) is 1. The van der Waals surface area contributed by atoms with Crippen molar-refractivity contribution < 1.29 is 14.3 Å². The third-order valence-electron chi connectivity index (χ3n) is 3.38. The van der Waals surface area contributed by atoms with E-state index < -0.39 is 0 Å². The highest BCUT2D eigenvalue weighted by Crippen LogP contribution is 2.34. The molecule has 3 heteroatoms. The van der Waals surface area contributed by atoms with Crippen LogP contribution in [0.15, 0.2) is 18.2 Å². The number of rotatable bonds is 2. The van der Waals surface area contributed by atoms with Gasteiger partial charge >= 0.3 is 5.97 Å². The maximum Gasteiger partial charge on any atom is 0.337 e. The van der Waals surface area contributed by atoms with Gasteiger partial charge in [-0.3, -0.25) is 4.79 Å². The molecule has 0 unspecified atom stereocenters. The van der Waals surface area contributed by atoms with E-state index in [2.05, 4.69) is 4.74 Å². The third kappa shape index (κ3) is 2.38. The lowest BCUT2D eigenvalue weighted by molar-refractivity contribution is -0.117. The smallest absolute Gasteiger partial charge is 0.337 e. The molecule has 0 saturated heterocycles. The van der Waals surface area contributed by atoms with Gasteiger partial charge in [0, 0.05) is 12.8 Å². The molecule has 0 spiro atoms. The molecule has 1 aromatic carbocycles. The minimum Gasteiger partial charge on any atom is -0.465 e. The molecule has 1 fully saturated rings. The molecule has 0 amide bonds. The van der Waals surface area contributed by atoms with E-state index in [-0.39, 0.29) is 5.97 Å². The van der Waals surface area contributed by atoms with Crippen molar-refractivity contribution in [3.05, 3.63) is 34.9 Å². The molecular formula is C14H16O3. The van der Waals surface area contributed by atoms with Gasteiger partial charge in [-0.25, -0.2) is 4.79 Å². The fraction of sp³-hybridized carbons (Fsp3) is 0.429. The van der Waals surface area contributed by atoms with E-state index in [0.717, 1.165) is 12.0 Å². The van der Waals surface area contributed by atoms with Gasteiger partial charge < -0.3 is 4.74 Å². The van der Waals surface area contributed by atoms with Crippen LogP contribution in [0.3, 0.4) is 0 Å². The summed E-state index contributed by atoms with van der Waals surface area (Å²) in [5.41, 5.74) is 2.81. The summed E-state index contributed by atoms with van der Waals surface area (Å²) in [5.74, 6) is 0.350. The third-order valence-corrected chi connectivity index (χ3v) is 3.38. The van der Waals surface area contributed by atoms with Crippen LogP contribution in [0, 0.1) is 6.92 Å². The predicted molar refractivity (Wildman–Crippen MR) is 64.1 cm³/mol. The van der Waals surface area contributed by atoms with Crippen molar-refractivity contribution in [1.29, 1.82) is 0 Å². The van der Waals surface area contributed by atoms with Crippen molar-refractivity contribution in [3.63, 3.8) is 0 Å². The minimum atomic E-state index is -0.317. The van der Waals surface area contributed by atoms with Crippen molar-refractivity contribution in [2.45, 2.75) is 32.1 Å². The van der Waals surface area contributed by atoms with Gasteiger partial charge in [0.15, 0.2) is 0 Å². The summed E-state index contributed by atoms with van der Waals surface area (Å²) in [5, 5.41) is 0. The Balaban J connectivity index is 2.25. The molecule has 0 heterocycles. The van der Waals surface area contributed by atoms with Crippen LogP contribution < -0.4 is 0 Å². The first kappa shape index (κ1) is 11.8. The summed E-state index contributed by atoms with van der Waals surface area (Å²) in [6.07, 6.45) is 2.25. The van der Waals surface area contributed by atoms with Gasteiger partial charge in [-0.15, -0.1) is 0 Å². The Morgan fingerprint density at radius 1 is 1.41 bits per heavy atom. The highest BCUT2D eigenvalue weighted by Gasteiger charge is 2.24. The Labute approximate surface area is 101 Å². The Hall–Kier alpha value is -1.64. The van der Waals surface area contributed by atoms with Gasteiger partial charge in [-0.2, -0.15) is 0 Å². The zero-order valence-electron chi connectivity index (χ0n) is 10.2. The molecule has 1 aliphatic rings. The number of ketones is 1. The van der Waals surface area contributed by atoms with E-state index in [1.165, 1.54) is 12.7 Å². The number of benzene rings is 1. The number of hydrogen-bond donors (Lipinski definition) is 0. The fourth-order valence-electron chi connectivity index (χ4n) is 2.46. The van der Waals surface area contributed by atoms with E-state index >= 15 is 0 Å². The van der Waals surface area contributed by atoms with E-state index in [9.17, 15) is 9.59 Å². The topological polar surface area (TPSA) is 43.4 Å². The lowest BCUT2D eigenvalue weighted by Crippen LogP contribution is -2.04. The molecule has 0 aliphatic heterocycles. The summed E-state index contributed by atoms with van der Waals surface area (Å²) in [6, 6.07) is 5.56. The second kappa shape index (κ2) is 4.70. The van der Waals surface area contributed by atoms with Crippen molar-refractivity contribution >= 4 is 11.8 Å². The molecule has 3 nitrogen and oxygen atoms in total. The highest BCUT2D eigenvalue weighted by atomic mass is 16.5. The molecule has 1 atom stereocenters. The summed E-state index contributed by atoms with van der Waals surface area (Å²) >= 11 is 0. The second-order valence-corrected chi connectivity index (χ2v) is 4.54. The number of Topliss-reactive ketones (excluding diaryl/α,β-unsaturated/α-hetero) is 1. The summed E-state index contributed by atoms with van der Waals surface area (Å²) in [7, 11) is 1.38. The number of methoxy groups -OCH3 is 1. The first-order valence-electron chi connectivity index (χ1n) is 5.82. The molecule has 1 saturated carbocycles. The zero-order chi connectivity index (χ0) is 12.4. The quantitative estimate of drug-likeness (QED) is 0.736. The van der Waals surface area contributed by atoms with Crippen LogP contribution in [0.2, 0.25) is 0 Å². The second-order valence-electron chi connectivity index (χ2n) is 4.54. The molecule has 1 aromatic rings. The number of aryl methyl sites for hydroxylation is 1. The van der Waals surface area contributed by atoms with E-state index in [4.69, 9.17) is 0 Å². The van der Waals surface area contributed by atoms with Crippen LogP contribution in [0.5, 0.6) is 0 Å². The molecule has 0 radical (unpaired) electrons. The van der Waals surface area contributed by atoms with E-state index in [0.29, 0.717) is 30.1 Å². The average Bonchev–Trinajstić information content (AvgIpc) is 2.74. The Bertz CT molecular complexity index is 463. The molecular weight excluding hydrogens is 216 g/mol. The molecule has 0 bridgehead atoms. The van der Waals surface area contributed by atoms with Crippen molar-refractivity contribution in [2.75, 3.05) is 7.11 Å². The van der Waals surface area contributed by atoms with Crippen LogP contribution in [0.25, 0.3) is 0 Å². The first-order chi connectivity index (χ1) is 8.11. The number of carbonyl (C=O) groups is 2. The van der Waals surface area contributed by atoms with Gasteiger partial charge in [-0.05, 0) is 42.5 Å². The number of esters is 1. The fourth-order valence-corrected chi connectivity index (χ4v) is 2.46. The van der Waals surface area contributed by atoms with Crippen molar-refractivity contribution in [3.8, 4) is 0 Å². The summed E-state index contributed by atoms with van der Waals surface area (Å²) < 4.78 is 4.68. The number of hydrogen-bond acceptors (Lipinski definition) is 3. The van der Waals surface area contributed by atoms with E-state index in [1.807, 2.05) is 19.1 Å². The molecule has 90 valence electrons. The van der Waals surface area contributed by atoms with E-state index in [1.54, 1.807) is 6.07 Å². The Kier molecular flexibility index (Phi) is 3.27. The van der Waals surface area contributed by atoms with Crippen LogP contribution >= 0.6 is 0 Å². The molecule has 0 N–H and O–H groups in total. The summed E-state index contributed by atoms with van der Waals surface area (Å²) in [4.78, 5) is 22.7. The normalized spacial score (nSPS) is 19.4. The van der Waals surface area contributed by atoms with Crippen molar-refractivity contribution in [1.82, 2.24) is 0 Å². The molecule has 17 heavy (non-hydrogen) atoms. The maximum atomic E-state index is 11.4. The standard InChI is InChI=1S/C14H16O3/c1-9-7-11(14(16)17-2)4-6-13(9)10-3-5-12(15)8-10/h4,6-7,10H,3,5,8H2,1-2H3/t10-/m0/s1. The maximum absolute atomic E-state index is 11.4. The average molecular weight is 232 g/mol. The summed E-state index contributed by atoms with van der Waals surface area (Å²) in [6.45, 7) is 1.98. The van der Waals surface area contributed by atoms with Crippen LogP contribution in [-0.4, -0.2) is 18.9 Å². The lowest BCUT2D eigenvalue weighted by Gasteiger charge is -2.13. The lowest BCUT2D eigenvalue weighted by atomic mass is 9.92. The van der Waals surface area contributed by atoms with Gasteiger partial charge in [0.1, 0.15) is 5.78 Å². The van der Waals surface area contributed by atoms with Gasteiger partial charge in [-0.1, -0.05) is 6.07 Å². The van der Waals surface area contributed by atoms with Crippen LogP contribution in [0.1, 0.15) is 46.7 Å². The monoisotopic (exact) mass is 232 g/mol. The van der Waals surface area contributed by atoms with Gasteiger partial charge in [0.2, 0.25) is 0 Å².